The van der Waals surface area contributed by atoms with Crippen molar-refractivity contribution in [1.29, 1.82) is 0 Å². The Hall–Kier alpha value is -1.82. The van der Waals surface area contributed by atoms with Gasteiger partial charge in [-0.1, -0.05) is 18.2 Å². The van der Waals surface area contributed by atoms with Gasteiger partial charge in [0.15, 0.2) is 0 Å². The number of aromatic nitrogens is 1. The van der Waals surface area contributed by atoms with Gasteiger partial charge < -0.3 is 10.5 Å². The highest BCUT2D eigenvalue weighted by Gasteiger charge is 2.44. The Morgan fingerprint density at radius 1 is 1.21 bits per heavy atom. The van der Waals surface area contributed by atoms with Crippen LogP contribution in [0.4, 0.5) is 13.2 Å². The number of fused-ring (bicyclic) bond motifs is 1. The molecule has 1 aromatic heterocycles. The molecule has 2 N–H and O–H groups in total. The zero-order chi connectivity index (χ0) is 14.0. The molecular weight excluding hydrogens is 257 g/mol. The first-order chi connectivity index (χ1) is 8.89. The van der Waals surface area contributed by atoms with Gasteiger partial charge in [0.2, 0.25) is 6.10 Å². The Morgan fingerprint density at radius 3 is 2.53 bits per heavy atom. The number of ether oxygens (including phenoxy) is 1. The van der Waals surface area contributed by atoms with E-state index in [4.69, 9.17) is 10.5 Å². The molecule has 2 aromatic rings. The summed E-state index contributed by atoms with van der Waals surface area (Å²) in [5.74, 6) is 0.0812. The molecule has 0 amide bonds. The molecule has 2 rings (SSSR count). The van der Waals surface area contributed by atoms with E-state index in [-0.39, 0.29) is 5.75 Å². The fraction of sp³-hybridized carbons (Fsp3) is 0.308. The molecule has 0 aliphatic heterocycles. The lowest BCUT2D eigenvalue weighted by Gasteiger charge is -2.25. The predicted octanol–water partition coefficient (Wildman–Crippen LogP) is 2.89. The van der Waals surface area contributed by atoms with Crippen molar-refractivity contribution in [1.82, 2.24) is 4.98 Å². The monoisotopic (exact) mass is 270 g/mol. The van der Waals surface area contributed by atoms with Crippen LogP contribution in [0.3, 0.4) is 0 Å². The minimum Gasteiger partial charge on any atom is -0.477 e. The summed E-state index contributed by atoms with van der Waals surface area (Å²) in [6.07, 6.45) is -5.07. The molecular formula is C13H13F3N2O. The van der Waals surface area contributed by atoms with Crippen LogP contribution in [0.2, 0.25) is 0 Å². The Kier molecular flexibility index (Phi) is 3.61. The minimum atomic E-state index is -4.52. The average Bonchev–Trinajstić information content (AvgIpc) is 2.34. The van der Waals surface area contributed by atoms with Crippen LogP contribution >= 0.6 is 0 Å². The largest absolute Gasteiger partial charge is 0.477 e. The first-order valence-electron chi connectivity index (χ1n) is 5.72. The molecule has 1 heterocycles. The number of halogens is 3. The molecule has 0 saturated heterocycles. The summed E-state index contributed by atoms with van der Waals surface area (Å²) in [7, 11) is 0. The van der Waals surface area contributed by atoms with Gasteiger partial charge in [-0.2, -0.15) is 13.2 Å². The van der Waals surface area contributed by atoms with Gasteiger partial charge in [0.1, 0.15) is 11.3 Å². The molecule has 0 spiro atoms. The van der Waals surface area contributed by atoms with Crippen molar-refractivity contribution in [3.05, 3.63) is 36.5 Å². The lowest BCUT2D eigenvalue weighted by Crippen LogP contribution is -2.47. The first kappa shape index (κ1) is 13.6. The zero-order valence-corrected chi connectivity index (χ0v) is 10.2. The molecule has 0 saturated carbocycles. The third-order valence-electron chi connectivity index (χ3n) is 2.65. The summed E-state index contributed by atoms with van der Waals surface area (Å²) in [4.78, 5) is 4.04. The van der Waals surface area contributed by atoms with Gasteiger partial charge in [-0.05, 0) is 19.1 Å². The maximum absolute atomic E-state index is 12.8. The molecule has 0 aliphatic carbocycles. The third-order valence-corrected chi connectivity index (χ3v) is 2.65. The smallest absolute Gasteiger partial charge is 0.426 e. The van der Waals surface area contributed by atoms with E-state index in [2.05, 4.69) is 4.98 Å². The van der Waals surface area contributed by atoms with Crippen molar-refractivity contribution in [2.24, 2.45) is 5.73 Å². The van der Waals surface area contributed by atoms with Gasteiger partial charge in [-0.25, -0.2) is 0 Å². The summed E-state index contributed by atoms with van der Waals surface area (Å²) >= 11 is 0. The number of alkyl halides is 3. The standard InChI is InChI=1S/C13H13F3N2O/c1-8(17)12(13(14,15)16)19-10-6-2-4-9-5-3-7-18-11(9)10/h2-8,12H,17H2,1H3. The van der Waals surface area contributed by atoms with E-state index in [0.717, 1.165) is 0 Å². The van der Waals surface area contributed by atoms with Gasteiger partial charge >= 0.3 is 6.18 Å². The quantitative estimate of drug-likeness (QED) is 0.932. The van der Waals surface area contributed by atoms with E-state index >= 15 is 0 Å². The molecule has 6 heteroatoms. The van der Waals surface area contributed by atoms with E-state index < -0.39 is 18.3 Å². The molecule has 2 atom stereocenters. The summed E-state index contributed by atoms with van der Waals surface area (Å²) in [6.45, 7) is 1.26. The van der Waals surface area contributed by atoms with Crippen LogP contribution in [0.5, 0.6) is 5.75 Å². The number of rotatable bonds is 3. The fourth-order valence-electron chi connectivity index (χ4n) is 1.78. The van der Waals surface area contributed by atoms with Crippen molar-refractivity contribution in [3.8, 4) is 5.75 Å². The molecule has 0 fully saturated rings. The Balaban J connectivity index is 2.40. The number of hydrogen-bond acceptors (Lipinski definition) is 3. The third kappa shape index (κ3) is 2.96. The highest BCUT2D eigenvalue weighted by molar-refractivity contribution is 5.84. The second-order valence-corrected chi connectivity index (χ2v) is 4.27. The second-order valence-electron chi connectivity index (χ2n) is 4.27. The van der Waals surface area contributed by atoms with Crippen LogP contribution in [0.15, 0.2) is 36.5 Å². The number of pyridine rings is 1. The summed E-state index contributed by atoms with van der Waals surface area (Å²) in [6, 6.07) is 7.12. The molecule has 0 radical (unpaired) electrons. The second kappa shape index (κ2) is 5.05. The zero-order valence-electron chi connectivity index (χ0n) is 10.2. The van der Waals surface area contributed by atoms with Crippen LogP contribution in [-0.4, -0.2) is 23.3 Å². The van der Waals surface area contributed by atoms with Crippen LogP contribution in [-0.2, 0) is 0 Å². The Labute approximate surface area is 108 Å². The average molecular weight is 270 g/mol. The number of nitrogens with zero attached hydrogens (tertiary/aromatic N) is 1. The maximum Gasteiger partial charge on any atom is 0.426 e. The van der Waals surface area contributed by atoms with Crippen LogP contribution in [0.1, 0.15) is 6.92 Å². The lowest BCUT2D eigenvalue weighted by atomic mass is 10.1. The van der Waals surface area contributed by atoms with E-state index in [1.165, 1.54) is 19.2 Å². The SMILES string of the molecule is CC(N)C(Oc1cccc2cccnc12)C(F)(F)F. The Bertz CT molecular complexity index is 564. The molecule has 102 valence electrons. The van der Waals surface area contributed by atoms with E-state index in [1.807, 2.05) is 0 Å². The molecule has 2 unspecified atom stereocenters. The highest BCUT2D eigenvalue weighted by Crippen LogP contribution is 2.30. The van der Waals surface area contributed by atoms with Gasteiger partial charge in [-0.15, -0.1) is 0 Å². The molecule has 3 nitrogen and oxygen atoms in total. The topological polar surface area (TPSA) is 48.1 Å². The normalized spacial score (nSPS) is 15.2. The number of nitrogens with two attached hydrogens (primary N) is 1. The van der Waals surface area contributed by atoms with Gasteiger partial charge in [0.25, 0.3) is 0 Å². The van der Waals surface area contributed by atoms with Gasteiger partial charge in [0.05, 0.1) is 0 Å². The summed E-state index contributed by atoms with van der Waals surface area (Å²) in [5, 5.41) is 0.714. The highest BCUT2D eigenvalue weighted by atomic mass is 19.4. The predicted molar refractivity (Wildman–Crippen MR) is 65.9 cm³/mol. The van der Waals surface area contributed by atoms with Crippen molar-refractivity contribution >= 4 is 10.9 Å². The molecule has 1 aromatic carbocycles. The van der Waals surface area contributed by atoms with Gasteiger partial charge in [0, 0.05) is 17.6 Å². The van der Waals surface area contributed by atoms with Crippen LogP contribution < -0.4 is 10.5 Å². The molecule has 19 heavy (non-hydrogen) atoms. The minimum absolute atomic E-state index is 0.0812. The summed E-state index contributed by atoms with van der Waals surface area (Å²) in [5.41, 5.74) is 5.74. The van der Waals surface area contributed by atoms with Crippen molar-refractivity contribution in [3.63, 3.8) is 0 Å². The van der Waals surface area contributed by atoms with Crippen molar-refractivity contribution in [2.45, 2.75) is 25.2 Å². The maximum atomic E-state index is 12.8. The first-order valence-corrected chi connectivity index (χ1v) is 5.72. The van der Waals surface area contributed by atoms with Crippen LogP contribution in [0, 0.1) is 0 Å². The fourth-order valence-corrected chi connectivity index (χ4v) is 1.78. The van der Waals surface area contributed by atoms with Crippen molar-refractivity contribution < 1.29 is 17.9 Å². The van der Waals surface area contributed by atoms with E-state index in [1.54, 1.807) is 24.3 Å². The van der Waals surface area contributed by atoms with E-state index in [9.17, 15) is 13.2 Å². The van der Waals surface area contributed by atoms with Gasteiger partial charge in [-0.3, -0.25) is 4.98 Å². The van der Waals surface area contributed by atoms with Crippen LogP contribution in [0.25, 0.3) is 10.9 Å². The van der Waals surface area contributed by atoms with Crippen molar-refractivity contribution in [2.75, 3.05) is 0 Å². The number of benzene rings is 1. The summed E-state index contributed by atoms with van der Waals surface area (Å²) < 4.78 is 43.5. The Morgan fingerprint density at radius 2 is 1.89 bits per heavy atom. The number of para-hydroxylation sites is 1. The molecule has 0 aliphatic rings. The van der Waals surface area contributed by atoms with E-state index in [0.29, 0.717) is 10.9 Å². The number of hydrogen-bond donors (Lipinski definition) is 1. The lowest BCUT2D eigenvalue weighted by molar-refractivity contribution is -0.199. The molecule has 0 bridgehead atoms.